The molecule has 1 aromatic heterocycles. The van der Waals surface area contributed by atoms with Gasteiger partial charge in [-0.3, -0.25) is 4.79 Å². The fraction of sp³-hybridized carbons (Fsp3) is 0.115. The van der Waals surface area contributed by atoms with Crippen LogP contribution in [0.2, 0.25) is 0 Å². The number of fused-ring (bicyclic) bond motifs is 1. The fourth-order valence-corrected chi connectivity index (χ4v) is 3.49. The Balaban J connectivity index is 1.94. The van der Waals surface area contributed by atoms with Gasteiger partial charge >= 0.3 is 0 Å². The van der Waals surface area contributed by atoms with Crippen LogP contribution in [-0.2, 0) is 0 Å². The van der Waals surface area contributed by atoms with E-state index in [0.717, 1.165) is 17.4 Å². The lowest BCUT2D eigenvalue weighted by Gasteiger charge is -2.15. The first-order valence-corrected chi connectivity index (χ1v) is 9.99. The van der Waals surface area contributed by atoms with Gasteiger partial charge in [0.1, 0.15) is 28.6 Å². The van der Waals surface area contributed by atoms with Gasteiger partial charge in [-0.2, -0.15) is 0 Å². The second-order valence-electron chi connectivity index (χ2n) is 7.15. The van der Waals surface area contributed by atoms with Gasteiger partial charge in [0.2, 0.25) is 11.2 Å². The first-order valence-electron chi connectivity index (χ1n) is 9.99. The summed E-state index contributed by atoms with van der Waals surface area (Å²) in [5.74, 6) is 0.226. The number of benzene rings is 3. The molecule has 1 N–H and O–H groups in total. The molecule has 6 nitrogen and oxygen atoms in total. The Morgan fingerprint density at radius 3 is 2.27 bits per heavy atom. The molecule has 0 aliphatic heterocycles. The molecule has 0 amide bonds. The minimum absolute atomic E-state index is 0.0564. The number of methoxy groups -OCH3 is 3. The van der Waals surface area contributed by atoms with Crippen molar-refractivity contribution in [2.45, 2.75) is 0 Å². The number of hydrogen-bond acceptors (Lipinski definition) is 6. The lowest BCUT2D eigenvalue weighted by molar-refractivity contribution is 0.393. The van der Waals surface area contributed by atoms with Gasteiger partial charge in [0.15, 0.2) is 5.76 Å². The van der Waals surface area contributed by atoms with Crippen LogP contribution < -0.4 is 19.6 Å². The molecule has 0 fully saturated rings. The van der Waals surface area contributed by atoms with Crippen molar-refractivity contribution in [2.75, 3.05) is 21.3 Å². The van der Waals surface area contributed by atoms with Gasteiger partial charge in [-0.1, -0.05) is 24.3 Å². The Bertz CT molecular complexity index is 1400. The molecular weight excluding hydrogens is 427 g/mol. The highest BCUT2D eigenvalue weighted by Gasteiger charge is 2.22. The van der Waals surface area contributed by atoms with E-state index in [-0.39, 0.29) is 16.7 Å². The Labute approximate surface area is 189 Å². The Morgan fingerprint density at radius 1 is 0.879 bits per heavy atom. The summed E-state index contributed by atoms with van der Waals surface area (Å²) in [5.41, 5.74) is 1.21. The summed E-state index contributed by atoms with van der Waals surface area (Å²) in [6.07, 6.45) is 3.64. The maximum atomic E-state index is 13.6. The molecule has 0 bridgehead atoms. The lowest BCUT2D eigenvalue weighted by atomic mass is 10.00. The molecule has 33 heavy (non-hydrogen) atoms. The van der Waals surface area contributed by atoms with E-state index in [0.29, 0.717) is 22.6 Å². The van der Waals surface area contributed by atoms with E-state index in [2.05, 4.69) is 0 Å². The topological polar surface area (TPSA) is 78.1 Å². The van der Waals surface area contributed by atoms with E-state index >= 15 is 0 Å². The van der Waals surface area contributed by atoms with Crippen LogP contribution in [0.3, 0.4) is 0 Å². The summed E-state index contributed by atoms with van der Waals surface area (Å²) < 4.78 is 35.6. The van der Waals surface area contributed by atoms with Gasteiger partial charge in [-0.25, -0.2) is 4.39 Å². The van der Waals surface area contributed by atoms with Gasteiger partial charge in [0.05, 0.1) is 32.3 Å². The SMILES string of the molecule is COc1ccc(/C=C/c2cc(OC)cc(OC)c2-c2oc3ccc(F)cc3c(=O)c2O)cc1. The van der Waals surface area contributed by atoms with Crippen molar-refractivity contribution in [1.29, 1.82) is 0 Å². The van der Waals surface area contributed by atoms with Crippen LogP contribution >= 0.6 is 0 Å². The van der Waals surface area contributed by atoms with Crippen molar-refractivity contribution in [3.05, 3.63) is 81.8 Å². The largest absolute Gasteiger partial charge is 0.502 e. The van der Waals surface area contributed by atoms with Crippen LogP contribution in [0.4, 0.5) is 4.39 Å². The highest BCUT2D eigenvalue weighted by atomic mass is 19.1. The third kappa shape index (κ3) is 4.25. The molecule has 0 unspecified atom stereocenters. The van der Waals surface area contributed by atoms with Crippen molar-refractivity contribution in [2.24, 2.45) is 0 Å². The van der Waals surface area contributed by atoms with Crippen molar-refractivity contribution in [3.8, 4) is 34.3 Å². The molecule has 0 aliphatic carbocycles. The van der Waals surface area contributed by atoms with E-state index in [4.69, 9.17) is 18.6 Å². The van der Waals surface area contributed by atoms with Crippen LogP contribution in [-0.4, -0.2) is 26.4 Å². The number of aromatic hydroxyl groups is 1. The second-order valence-corrected chi connectivity index (χ2v) is 7.15. The average molecular weight is 448 g/mol. The summed E-state index contributed by atoms with van der Waals surface area (Å²) in [6.45, 7) is 0. The summed E-state index contributed by atoms with van der Waals surface area (Å²) in [4.78, 5) is 12.8. The molecule has 4 rings (SSSR count). The number of halogens is 1. The Hall–Kier alpha value is -4.26. The standard InChI is InChI=1S/C26H21FO6/c1-30-18-9-5-15(6-10-18)4-7-16-12-19(31-2)14-22(32-3)23(16)26-25(29)24(28)20-13-17(27)8-11-21(20)33-26/h4-14,29H,1-3H3/b7-4+. The molecule has 0 aliphatic rings. The van der Waals surface area contributed by atoms with E-state index in [1.807, 2.05) is 30.3 Å². The Morgan fingerprint density at radius 2 is 1.61 bits per heavy atom. The molecule has 0 saturated carbocycles. The second kappa shape index (κ2) is 9.08. The molecule has 168 valence electrons. The van der Waals surface area contributed by atoms with Crippen LogP contribution in [0.25, 0.3) is 34.4 Å². The van der Waals surface area contributed by atoms with Crippen LogP contribution in [0.5, 0.6) is 23.0 Å². The third-order valence-corrected chi connectivity index (χ3v) is 5.19. The van der Waals surface area contributed by atoms with Crippen molar-refractivity contribution < 1.29 is 28.1 Å². The monoisotopic (exact) mass is 448 g/mol. The van der Waals surface area contributed by atoms with E-state index in [1.165, 1.54) is 26.4 Å². The highest BCUT2D eigenvalue weighted by Crippen LogP contribution is 2.42. The lowest BCUT2D eigenvalue weighted by Crippen LogP contribution is -2.04. The van der Waals surface area contributed by atoms with Gasteiger partial charge < -0.3 is 23.7 Å². The van der Waals surface area contributed by atoms with E-state index < -0.39 is 17.0 Å². The molecule has 4 aromatic rings. The van der Waals surface area contributed by atoms with Gasteiger partial charge in [-0.05, 0) is 47.5 Å². The predicted octanol–water partition coefficient (Wildman–Crippen LogP) is 5.50. The van der Waals surface area contributed by atoms with E-state index in [1.54, 1.807) is 25.3 Å². The van der Waals surface area contributed by atoms with Crippen LogP contribution in [0.1, 0.15) is 11.1 Å². The van der Waals surface area contributed by atoms with Crippen molar-refractivity contribution in [3.63, 3.8) is 0 Å². The predicted molar refractivity (Wildman–Crippen MR) is 125 cm³/mol. The summed E-state index contributed by atoms with van der Waals surface area (Å²) in [7, 11) is 4.58. The molecule has 0 atom stereocenters. The zero-order valence-electron chi connectivity index (χ0n) is 18.2. The van der Waals surface area contributed by atoms with Gasteiger partial charge in [0.25, 0.3) is 0 Å². The summed E-state index contributed by atoms with van der Waals surface area (Å²) in [6, 6.07) is 14.3. The molecule has 0 spiro atoms. The normalized spacial score (nSPS) is 11.2. The minimum atomic E-state index is -0.742. The molecule has 0 saturated heterocycles. The molecule has 1 heterocycles. The molecular formula is C26H21FO6. The Kier molecular flexibility index (Phi) is 6.04. The number of hydrogen-bond donors (Lipinski definition) is 1. The average Bonchev–Trinajstić information content (AvgIpc) is 2.85. The van der Waals surface area contributed by atoms with Crippen LogP contribution in [0, 0.1) is 5.82 Å². The quantitative estimate of drug-likeness (QED) is 0.393. The summed E-state index contributed by atoms with van der Waals surface area (Å²) >= 11 is 0. The zero-order chi connectivity index (χ0) is 23.5. The number of ether oxygens (including phenoxy) is 3. The zero-order valence-corrected chi connectivity index (χ0v) is 18.2. The summed E-state index contributed by atoms with van der Waals surface area (Å²) in [5, 5.41) is 10.6. The smallest absolute Gasteiger partial charge is 0.235 e. The first-order chi connectivity index (χ1) is 15.9. The van der Waals surface area contributed by atoms with Crippen molar-refractivity contribution >= 4 is 23.1 Å². The van der Waals surface area contributed by atoms with Crippen molar-refractivity contribution in [1.82, 2.24) is 0 Å². The first kappa shape index (κ1) is 22.0. The van der Waals surface area contributed by atoms with Gasteiger partial charge in [-0.15, -0.1) is 0 Å². The van der Waals surface area contributed by atoms with Gasteiger partial charge in [0, 0.05) is 6.07 Å². The van der Waals surface area contributed by atoms with E-state index in [9.17, 15) is 14.3 Å². The fourth-order valence-electron chi connectivity index (χ4n) is 3.49. The third-order valence-electron chi connectivity index (χ3n) is 5.19. The number of rotatable bonds is 6. The highest BCUT2D eigenvalue weighted by molar-refractivity contribution is 5.88. The molecule has 0 radical (unpaired) electrons. The maximum Gasteiger partial charge on any atom is 0.235 e. The molecule has 7 heteroatoms. The maximum absolute atomic E-state index is 13.6. The minimum Gasteiger partial charge on any atom is -0.502 e. The molecule has 3 aromatic carbocycles. The van der Waals surface area contributed by atoms with Crippen LogP contribution in [0.15, 0.2) is 63.8 Å².